The fraction of sp³-hybridized carbons (Fsp3) is 0.667. The molecule has 1 aromatic rings. The minimum absolute atomic E-state index is 0.0178. The second-order valence-corrected chi connectivity index (χ2v) is 10.6. The van der Waals surface area contributed by atoms with Gasteiger partial charge in [-0.25, -0.2) is 9.59 Å². The second-order valence-electron chi connectivity index (χ2n) is 10.6. The van der Waals surface area contributed by atoms with Gasteiger partial charge in [-0.05, 0) is 62.5 Å². The normalized spacial score (nSPS) is 20.0. The molecule has 0 bridgehead atoms. The van der Waals surface area contributed by atoms with Gasteiger partial charge in [0.1, 0.15) is 12.1 Å². The number of benzene rings is 1. The van der Waals surface area contributed by atoms with E-state index in [1.54, 1.807) is 4.90 Å². The number of aliphatic hydroxyl groups excluding tert-OH is 1. The van der Waals surface area contributed by atoms with E-state index < -0.39 is 36.5 Å². The van der Waals surface area contributed by atoms with Crippen LogP contribution in [0.5, 0.6) is 0 Å². The summed E-state index contributed by atoms with van der Waals surface area (Å²) in [4.78, 5) is 40.9. The Balaban J connectivity index is 1.73. The van der Waals surface area contributed by atoms with E-state index in [-0.39, 0.29) is 30.4 Å². The molecule has 0 spiro atoms. The third kappa shape index (κ3) is 7.66. The monoisotopic (exact) mass is 518 g/mol. The number of nitrogens with one attached hydrogen (secondary N) is 3. The number of rotatable bonds is 11. The largest absolute Gasteiger partial charge is 0.467 e. The number of urea groups is 1. The molecule has 1 saturated heterocycles. The third-order valence-electron chi connectivity index (χ3n) is 7.15. The summed E-state index contributed by atoms with van der Waals surface area (Å²) in [5.41, 5.74) is 2.33. The Morgan fingerprint density at radius 1 is 1.08 bits per heavy atom. The second kappa shape index (κ2) is 13.2. The molecule has 37 heavy (non-hydrogen) atoms. The Morgan fingerprint density at radius 3 is 2.30 bits per heavy atom. The number of carbonyl (C=O) groups excluding carboxylic acids is 3. The SMILES string of the molecule is COC(=O)[C@@H]1CCCN1C(=O)[C@@H](NC(=O)N[C@H](COC(O)NC(C)C)C(C)C)C1Cc2ccccc2C1. The van der Waals surface area contributed by atoms with E-state index in [9.17, 15) is 19.5 Å². The van der Waals surface area contributed by atoms with Crippen molar-refractivity contribution in [3.63, 3.8) is 0 Å². The van der Waals surface area contributed by atoms with Gasteiger partial charge in [-0.15, -0.1) is 0 Å². The molecule has 3 amide bonds. The van der Waals surface area contributed by atoms with E-state index in [0.29, 0.717) is 32.2 Å². The van der Waals surface area contributed by atoms with Crippen LogP contribution in [-0.2, 0) is 31.9 Å². The number of hydrogen-bond acceptors (Lipinski definition) is 7. The summed E-state index contributed by atoms with van der Waals surface area (Å²) in [6.07, 6.45) is 1.42. The van der Waals surface area contributed by atoms with Gasteiger partial charge in [0, 0.05) is 12.6 Å². The third-order valence-corrected chi connectivity index (χ3v) is 7.15. The van der Waals surface area contributed by atoms with Gasteiger partial charge in [0.15, 0.2) is 0 Å². The average molecular weight is 519 g/mol. The molecule has 4 atom stereocenters. The lowest BCUT2D eigenvalue weighted by atomic mass is 9.95. The van der Waals surface area contributed by atoms with E-state index >= 15 is 0 Å². The van der Waals surface area contributed by atoms with Crippen molar-refractivity contribution in [2.24, 2.45) is 11.8 Å². The van der Waals surface area contributed by atoms with Gasteiger partial charge in [-0.1, -0.05) is 38.1 Å². The molecule has 0 radical (unpaired) electrons. The van der Waals surface area contributed by atoms with Crippen molar-refractivity contribution in [1.82, 2.24) is 20.9 Å². The lowest BCUT2D eigenvalue weighted by molar-refractivity contribution is -0.152. The molecule has 10 nitrogen and oxygen atoms in total. The lowest BCUT2D eigenvalue weighted by Crippen LogP contribution is -2.58. The Bertz CT molecular complexity index is 914. The Morgan fingerprint density at radius 2 is 1.73 bits per heavy atom. The molecule has 1 aliphatic heterocycles. The highest BCUT2D eigenvalue weighted by Crippen LogP contribution is 2.31. The molecule has 1 fully saturated rings. The highest BCUT2D eigenvalue weighted by Gasteiger charge is 2.42. The topological polar surface area (TPSA) is 129 Å². The minimum Gasteiger partial charge on any atom is -0.467 e. The first-order valence-corrected chi connectivity index (χ1v) is 13.2. The predicted molar refractivity (Wildman–Crippen MR) is 138 cm³/mol. The Labute approximate surface area is 219 Å². The zero-order chi connectivity index (χ0) is 27.1. The maximum absolute atomic E-state index is 13.8. The van der Waals surface area contributed by atoms with Crippen LogP contribution < -0.4 is 16.0 Å². The van der Waals surface area contributed by atoms with Crippen LogP contribution >= 0.6 is 0 Å². The fourth-order valence-corrected chi connectivity index (χ4v) is 5.08. The first-order chi connectivity index (χ1) is 17.6. The van der Waals surface area contributed by atoms with Crippen LogP contribution in [0, 0.1) is 11.8 Å². The number of ether oxygens (including phenoxy) is 2. The number of hydrogen-bond donors (Lipinski definition) is 4. The molecular weight excluding hydrogens is 476 g/mol. The van der Waals surface area contributed by atoms with Crippen LogP contribution in [0.1, 0.15) is 51.7 Å². The summed E-state index contributed by atoms with van der Waals surface area (Å²) < 4.78 is 10.4. The molecule has 0 saturated carbocycles. The lowest BCUT2D eigenvalue weighted by Gasteiger charge is -2.32. The predicted octanol–water partition coefficient (Wildman–Crippen LogP) is 1.55. The van der Waals surface area contributed by atoms with Gasteiger partial charge in [-0.3, -0.25) is 10.1 Å². The number of esters is 1. The summed E-state index contributed by atoms with van der Waals surface area (Å²) >= 11 is 0. The van der Waals surface area contributed by atoms with Crippen LogP contribution in [0.15, 0.2) is 24.3 Å². The van der Waals surface area contributed by atoms with Crippen molar-refractivity contribution in [2.45, 2.75) is 84.0 Å². The van der Waals surface area contributed by atoms with Gasteiger partial charge in [0.05, 0.1) is 19.8 Å². The molecule has 1 aromatic carbocycles. The minimum atomic E-state index is -1.15. The van der Waals surface area contributed by atoms with Crippen LogP contribution in [0.3, 0.4) is 0 Å². The number of carbonyl (C=O) groups is 3. The zero-order valence-electron chi connectivity index (χ0n) is 22.5. The highest BCUT2D eigenvalue weighted by atomic mass is 16.6. The summed E-state index contributed by atoms with van der Waals surface area (Å²) in [6, 6.07) is 5.75. The van der Waals surface area contributed by atoms with Crippen LogP contribution in [0.2, 0.25) is 0 Å². The molecular formula is C27H42N4O6. The van der Waals surface area contributed by atoms with Crippen molar-refractivity contribution in [3.8, 4) is 0 Å². The molecule has 0 aromatic heterocycles. The van der Waals surface area contributed by atoms with Crippen molar-refractivity contribution in [1.29, 1.82) is 0 Å². The Kier molecular flexibility index (Phi) is 10.3. The molecule has 10 heteroatoms. The van der Waals surface area contributed by atoms with E-state index in [1.807, 2.05) is 52.0 Å². The maximum atomic E-state index is 13.8. The van der Waals surface area contributed by atoms with Crippen molar-refractivity contribution >= 4 is 17.9 Å². The number of aliphatic hydroxyl groups is 1. The van der Waals surface area contributed by atoms with Gasteiger partial charge >= 0.3 is 12.0 Å². The highest BCUT2D eigenvalue weighted by molar-refractivity contribution is 5.91. The van der Waals surface area contributed by atoms with Crippen molar-refractivity contribution in [3.05, 3.63) is 35.4 Å². The van der Waals surface area contributed by atoms with Gasteiger partial charge in [0.2, 0.25) is 12.3 Å². The summed E-state index contributed by atoms with van der Waals surface area (Å²) in [5.74, 6) is -0.825. The molecule has 206 valence electrons. The quantitative estimate of drug-likeness (QED) is 0.258. The molecule has 1 aliphatic carbocycles. The van der Waals surface area contributed by atoms with Crippen LogP contribution in [-0.4, -0.2) is 78.8 Å². The van der Waals surface area contributed by atoms with E-state index in [4.69, 9.17) is 9.47 Å². The standard InChI is InChI=1S/C27H42N4O6/c1-16(2)21(15-37-27(35)28-17(3)4)29-26(34)30-23(20-13-18-9-6-7-10-19(18)14-20)24(32)31-12-8-11-22(31)25(33)36-5/h6-7,9-10,16-17,20-23,27-28,35H,8,11-15H2,1-5H3,(H2,29,30,34)/t21-,22+,23+,27?/m1/s1. The van der Waals surface area contributed by atoms with E-state index in [2.05, 4.69) is 16.0 Å². The van der Waals surface area contributed by atoms with Crippen LogP contribution in [0.25, 0.3) is 0 Å². The summed E-state index contributed by atoms with van der Waals surface area (Å²) in [5, 5.41) is 18.7. The Hall–Kier alpha value is -2.69. The number of likely N-dealkylation sites (tertiary alicyclic amines) is 1. The van der Waals surface area contributed by atoms with Gasteiger partial charge in [0.25, 0.3) is 0 Å². The number of methoxy groups -OCH3 is 1. The first kappa shape index (κ1) is 28.9. The van der Waals surface area contributed by atoms with E-state index in [1.165, 1.54) is 18.2 Å². The summed E-state index contributed by atoms with van der Waals surface area (Å²) in [6.45, 7) is 8.21. The molecule has 2 aliphatic rings. The molecule has 4 N–H and O–H groups in total. The number of fused-ring (bicyclic) bond motifs is 1. The number of amides is 3. The van der Waals surface area contributed by atoms with Crippen molar-refractivity contribution < 1.29 is 29.0 Å². The molecule has 1 heterocycles. The van der Waals surface area contributed by atoms with Crippen molar-refractivity contribution in [2.75, 3.05) is 20.3 Å². The fourth-order valence-electron chi connectivity index (χ4n) is 5.08. The first-order valence-electron chi connectivity index (χ1n) is 13.2. The number of nitrogens with zero attached hydrogens (tertiary/aromatic N) is 1. The summed E-state index contributed by atoms with van der Waals surface area (Å²) in [7, 11) is 1.32. The maximum Gasteiger partial charge on any atom is 0.328 e. The zero-order valence-corrected chi connectivity index (χ0v) is 22.5. The molecule has 1 unspecified atom stereocenters. The molecule has 3 rings (SSSR count). The smallest absolute Gasteiger partial charge is 0.328 e. The van der Waals surface area contributed by atoms with Gasteiger partial charge in [-0.2, -0.15) is 0 Å². The van der Waals surface area contributed by atoms with E-state index in [0.717, 1.165) is 0 Å². The van der Waals surface area contributed by atoms with Crippen LogP contribution in [0.4, 0.5) is 4.79 Å². The average Bonchev–Trinajstić information content (AvgIpc) is 3.51. The van der Waals surface area contributed by atoms with Gasteiger partial charge < -0.3 is 30.1 Å².